The second-order valence-corrected chi connectivity index (χ2v) is 7.14. The third kappa shape index (κ3) is 4.14. The Morgan fingerprint density at radius 3 is 2.04 bits per heavy atom. The van der Waals surface area contributed by atoms with Gasteiger partial charge in [0.15, 0.2) is 0 Å². The fourth-order valence-electron chi connectivity index (χ4n) is 3.56. The summed E-state index contributed by atoms with van der Waals surface area (Å²) in [5.41, 5.74) is 1.07. The molecule has 1 heterocycles. The molecule has 138 valence electrons. The standard InChI is InChI=1S/C22H27NO3/c1-18(17-23-13-15-25-16-14-23)26-21(24)22(2,19-9-5-3-6-10-19)20-11-7-4-8-12-20/h3-12,18H,13-17H2,1-2H3/p+1/t18-/m1/s1. The van der Waals surface area contributed by atoms with Gasteiger partial charge < -0.3 is 14.4 Å². The summed E-state index contributed by atoms with van der Waals surface area (Å²) in [5.74, 6) is -0.199. The number of hydrogen-bond acceptors (Lipinski definition) is 3. The van der Waals surface area contributed by atoms with Crippen LogP contribution >= 0.6 is 0 Å². The Hall–Kier alpha value is -2.17. The summed E-state index contributed by atoms with van der Waals surface area (Å²) in [6, 6.07) is 19.7. The summed E-state index contributed by atoms with van der Waals surface area (Å²) in [7, 11) is 0. The zero-order chi connectivity index (χ0) is 18.4. The first kappa shape index (κ1) is 18.6. The first-order valence-electron chi connectivity index (χ1n) is 9.34. The van der Waals surface area contributed by atoms with Gasteiger partial charge in [-0.2, -0.15) is 0 Å². The van der Waals surface area contributed by atoms with E-state index in [0.29, 0.717) is 0 Å². The Labute approximate surface area is 155 Å². The molecule has 4 heteroatoms. The van der Waals surface area contributed by atoms with Crippen LogP contribution in [0.25, 0.3) is 0 Å². The molecule has 0 unspecified atom stereocenters. The van der Waals surface area contributed by atoms with Gasteiger partial charge in [-0.05, 0) is 25.0 Å². The molecule has 26 heavy (non-hydrogen) atoms. The molecule has 0 saturated carbocycles. The monoisotopic (exact) mass is 354 g/mol. The molecular weight excluding hydrogens is 326 g/mol. The van der Waals surface area contributed by atoms with Crippen LogP contribution in [0.2, 0.25) is 0 Å². The van der Waals surface area contributed by atoms with Crippen molar-refractivity contribution in [2.75, 3.05) is 32.8 Å². The smallest absolute Gasteiger partial charge is 0.321 e. The molecule has 0 spiro atoms. The van der Waals surface area contributed by atoms with Gasteiger partial charge in [-0.3, -0.25) is 4.79 Å². The molecule has 3 rings (SSSR count). The van der Waals surface area contributed by atoms with Crippen LogP contribution in [-0.2, 0) is 19.7 Å². The SMILES string of the molecule is C[C@H](C[NH+]1CCOCC1)OC(=O)C(C)(c1ccccc1)c1ccccc1. The summed E-state index contributed by atoms with van der Waals surface area (Å²) >= 11 is 0. The number of esters is 1. The van der Waals surface area contributed by atoms with Crippen molar-refractivity contribution >= 4 is 5.97 Å². The summed E-state index contributed by atoms with van der Waals surface area (Å²) in [5, 5.41) is 0. The maximum atomic E-state index is 13.3. The van der Waals surface area contributed by atoms with E-state index in [9.17, 15) is 4.79 Å². The highest BCUT2D eigenvalue weighted by molar-refractivity contribution is 5.87. The second kappa shape index (κ2) is 8.47. The van der Waals surface area contributed by atoms with Gasteiger partial charge in [-0.25, -0.2) is 0 Å². The number of carbonyl (C=O) groups is 1. The van der Waals surface area contributed by atoms with Gasteiger partial charge in [0.05, 0.1) is 13.2 Å². The fraction of sp³-hybridized carbons (Fsp3) is 0.409. The Morgan fingerprint density at radius 2 is 1.54 bits per heavy atom. The van der Waals surface area contributed by atoms with Crippen molar-refractivity contribution in [2.45, 2.75) is 25.4 Å². The molecule has 0 bridgehead atoms. The molecule has 4 nitrogen and oxygen atoms in total. The predicted octanol–water partition coefficient (Wildman–Crippen LogP) is 1.84. The zero-order valence-corrected chi connectivity index (χ0v) is 15.6. The quantitative estimate of drug-likeness (QED) is 0.805. The first-order chi connectivity index (χ1) is 12.6. The molecule has 1 N–H and O–H groups in total. The average molecular weight is 354 g/mol. The van der Waals surface area contributed by atoms with Crippen molar-refractivity contribution in [3.63, 3.8) is 0 Å². The highest BCUT2D eigenvalue weighted by atomic mass is 16.5. The number of morpholine rings is 1. The van der Waals surface area contributed by atoms with Gasteiger partial charge in [0.1, 0.15) is 31.2 Å². The Bertz CT molecular complexity index is 656. The van der Waals surface area contributed by atoms with Crippen molar-refractivity contribution < 1.29 is 19.2 Å². The number of carbonyl (C=O) groups excluding carboxylic acids is 1. The van der Waals surface area contributed by atoms with Crippen LogP contribution in [0.1, 0.15) is 25.0 Å². The van der Waals surface area contributed by atoms with E-state index in [1.54, 1.807) is 0 Å². The number of nitrogens with one attached hydrogen (secondary N) is 1. The minimum absolute atomic E-state index is 0.137. The van der Waals surface area contributed by atoms with E-state index in [2.05, 4.69) is 0 Å². The number of quaternary nitrogens is 1. The van der Waals surface area contributed by atoms with Crippen LogP contribution in [0, 0.1) is 0 Å². The first-order valence-corrected chi connectivity index (χ1v) is 9.34. The van der Waals surface area contributed by atoms with E-state index >= 15 is 0 Å². The van der Waals surface area contributed by atoms with Gasteiger partial charge in [-0.1, -0.05) is 60.7 Å². The second-order valence-electron chi connectivity index (χ2n) is 7.14. The molecular formula is C22H28NO3+. The minimum atomic E-state index is -0.822. The van der Waals surface area contributed by atoms with Gasteiger partial charge in [0.2, 0.25) is 0 Å². The van der Waals surface area contributed by atoms with E-state index in [-0.39, 0.29) is 12.1 Å². The van der Waals surface area contributed by atoms with Crippen LogP contribution in [-0.4, -0.2) is 44.9 Å². The number of ether oxygens (including phenoxy) is 2. The van der Waals surface area contributed by atoms with Crippen LogP contribution in [0.3, 0.4) is 0 Å². The van der Waals surface area contributed by atoms with E-state index in [4.69, 9.17) is 9.47 Å². The third-order valence-corrected chi connectivity index (χ3v) is 5.19. The molecule has 0 radical (unpaired) electrons. The van der Waals surface area contributed by atoms with E-state index < -0.39 is 5.41 Å². The zero-order valence-electron chi connectivity index (χ0n) is 15.6. The van der Waals surface area contributed by atoms with Crippen LogP contribution in [0.5, 0.6) is 0 Å². The average Bonchev–Trinajstić information content (AvgIpc) is 2.69. The summed E-state index contributed by atoms with van der Waals surface area (Å²) < 4.78 is 11.3. The van der Waals surface area contributed by atoms with Crippen molar-refractivity contribution in [1.29, 1.82) is 0 Å². The summed E-state index contributed by atoms with van der Waals surface area (Å²) in [6.07, 6.45) is -0.137. The van der Waals surface area contributed by atoms with E-state index in [0.717, 1.165) is 44.0 Å². The molecule has 1 saturated heterocycles. The number of benzene rings is 2. The topological polar surface area (TPSA) is 40.0 Å². The van der Waals surface area contributed by atoms with Crippen molar-refractivity contribution in [1.82, 2.24) is 0 Å². The van der Waals surface area contributed by atoms with Crippen molar-refractivity contribution in [3.8, 4) is 0 Å². The van der Waals surface area contributed by atoms with Crippen LogP contribution in [0.15, 0.2) is 60.7 Å². The van der Waals surface area contributed by atoms with Gasteiger partial charge >= 0.3 is 5.97 Å². The number of hydrogen-bond donors (Lipinski definition) is 1. The largest absolute Gasteiger partial charge is 0.456 e. The minimum Gasteiger partial charge on any atom is -0.456 e. The molecule has 0 aromatic heterocycles. The molecule has 1 aliphatic rings. The fourth-order valence-corrected chi connectivity index (χ4v) is 3.56. The maximum Gasteiger partial charge on any atom is 0.321 e. The lowest BCUT2D eigenvalue weighted by Crippen LogP contribution is -3.15. The molecule has 1 aliphatic heterocycles. The lowest BCUT2D eigenvalue weighted by molar-refractivity contribution is -0.910. The number of rotatable bonds is 6. The molecule has 0 amide bonds. The Morgan fingerprint density at radius 1 is 1.04 bits per heavy atom. The highest BCUT2D eigenvalue weighted by Gasteiger charge is 2.39. The van der Waals surface area contributed by atoms with Crippen LogP contribution in [0.4, 0.5) is 0 Å². The maximum absolute atomic E-state index is 13.3. The summed E-state index contributed by atoms with van der Waals surface area (Å²) in [6.45, 7) is 8.25. The normalized spacial score (nSPS) is 16.8. The highest BCUT2D eigenvalue weighted by Crippen LogP contribution is 2.33. The lowest BCUT2D eigenvalue weighted by Gasteiger charge is -2.31. The van der Waals surface area contributed by atoms with Crippen molar-refractivity contribution in [2.24, 2.45) is 0 Å². The third-order valence-electron chi connectivity index (χ3n) is 5.19. The summed E-state index contributed by atoms with van der Waals surface area (Å²) in [4.78, 5) is 14.7. The molecule has 2 aromatic carbocycles. The lowest BCUT2D eigenvalue weighted by atomic mass is 9.76. The Balaban J connectivity index is 1.79. The van der Waals surface area contributed by atoms with Crippen molar-refractivity contribution in [3.05, 3.63) is 71.8 Å². The van der Waals surface area contributed by atoms with Crippen LogP contribution < -0.4 is 4.90 Å². The van der Waals surface area contributed by atoms with Gasteiger partial charge in [0, 0.05) is 0 Å². The Kier molecular flexibility index (Phi) is 6.07. The molecule has 1 fully saturated rings. The predicted molar refractivity (Wildman–Crippen MR) is 101 cm³/mol. The molecule has 1 atom stereocenters. The van der Waals surface area contributed by atoms with Gasteiger partial charge in [-0.15, -0.1) is 0 Å². The van der Waals surface area contributed by atoms with Gasteiger partial charge in [0.25, 0.3) is 0 Å². The van der Waals surface area contributed by atoms with E-state index in [1.165, 1.54) is 4.90 Å². The molecule has 2 aromatic rings. The van der Waals surface area contributed by atoms with E-state index in [1.807, 2.05) is 74.5 Å². The molecule has 0 aliphatic carbocycles.